The minimum absolute atomic E-state index is 0.00806. The number of nitrogens with zero attached hydrogens (tertiary/aromatic N) is 2. The highest BCUT2D eigenvalue weighted by Crippen LogP contribution is 2.31. The van der Waals surface area contributed by atoms with Crippen LogP contribution in [0.4, 0.5) is 18.9 Å². The number of anilines is 1. The fourth-order valence-electron chi connectivity index (χ4n) is 2.96. The third-order valence-corrected chi connectivity index (χ3v) is 4.71. The van der Waals surface area contributed by atoms with E-state index in [9.17, 15) is 22.8 Å². The maximum Gasteiger partial charge on any atom is 0.416 e. The SMILES string of the molecule is CC(C)(C)C(=O)NCCCC(=O)N1CCN(c2cccc(C(F)(F)F)c2)CC1. The second-order valence-electron chi connectivity index (χ2n) is 8.03. The van der Waals surface area contributed by atoms with Crippen molar-refractivity contribution in [2.45, 2.75) is 39.8 Å². The summed E-state index contributed by atoms with van der Waals surface area (Å²) in [5.41, 5.74) is -0.600. The monoisotopic (exact) mass is 399 g/mol. The minimum atomic E-state index is -4.36. The summed E-state index contributed by atoms with van der Waals surface area (Å²) >= 11 is 0. The highest BCUT2D eigenvalue weighted by Gasteiger charge is 2.31. The average molecular weight is 399 g/mol. The predicted octanol–water partition coefficient (Wildman–Crippen LogP) is 3.30. The lowest BCUT2D eigenvalue weighted by atomic mass is 9.96. The van der Waals surface area contributed by atoms with E-state index in [0.717, 1.165) is 12.1 Å². The van der Waals surface area contributed by atoms with Crippen LogP contribution in [0.2, 0.25) is 0 Å². The summed E-state index contributed by atoms with van der Waals surface area (Å²) in [6.07, 6.45) is -3.46. The van der Waals surface area contributed by atoms with Crippen LogP contribution < -0.4 is 10.2 Å². The molecule has 0 radical (unpaired) electrons. The fourth-order valence-corrected chi connectivity index (χ4v) is 2.96. The molecule has 0 unspecified atom stereocenters. The largest absolute Gasteiger partial charge is 0.416 e. The number of nitrogens with one attached hydrogen (secondary N) is 1. The van der Waals surface area contributed by atoms with Crippen molar-refractivity contribution < 1.29 is 22.8 Å². The molecule has 0 atom stereocenters. The van der Waals surface area contributed by atoms with Crippen molar-refractivity contribution in [2.75, 3.05) is 37.6 Å². The Kier molecular flexibility index (Phi) is 6.96. The van der Waals surface area contributed by atoms with Gasteiger partial charge in [-0.15, -0.1) is 0 Å². The molecule has 1 aliphatic rings. The van der Waals surface area contributed by atoms with E-state index in [1.54, 1.807) is 11.0 Å². The molecular weight excluding hydrogens is 371 g/mol. The Morgan fingerprint density at radius 3 is 2.29 bits per heavy atom. The summed E-state index contributed by atoms with van der Waals surface area (Å²) in [5, 5.41) is 2.82. The quantitative estimate of drug-likeness (QED) is 0.773. The van der Waals surface area contributed by atoms with Crippen LogP contribution in [0.1, 0.15) is 39.2 Å². The molecule has 5 nitrogen and oxygen atoms in total. The molecule has 0 aromatic heterocycles. The average Bonchev–Trinajstić information content (AvgIpc) is 2.63. The molecule has 0 saturated carbocycles. The van der Waals surface area contributed by atoms with Crippen molar-refractivity contribution in [3.05, 3.63) is 29.8 Å². The zero-order valence-corrected chi connectivity index (χ0v) is 16.6. The minimum Gasteiger partial charge on any atom is -0.368 e. The summed E-state index contributed by atoms with van der Waals surface area (Å²) in [4.78, 5) is 27.7. The number of rotatable bonds is 5. The molecule has 0 spiro atoms. The Bertz CT molecular complexity index is 691. The maximum absolute atomic E-state index is 12.9. The first-order chi connectivity index (χ1) is 13.0. The smallest absolute Gasteiger partial charge is 0.368 e. The second-order valence-corrected chi connectivity index (χ2v) is 8.03. The standard InChI is InChI=1S/C20H28F3N3O2/c1-19(2,3)18(28)24-9-5-8-17(27)26-12-10-25(11-13-26)16-7-4-6-15(14-16)20(21,22)23/h4,6-7,14H,5,8-13H2,1-3H3,(H,24,28). The van der Waals surface area contributed by atoms with E-state index in [2.05, 4.69) is 5.32 Å². The zero-order valence-electron chi connectivity index (χ0n) is 16.6. The second kappa shape index (κ2) is 8.84. The number of carbonyl (C=O) groups is 2. The molecule has 2 rings (SSSR count). The lowest BCUT2D eigenvalue weighted by Crippen LogP contribution is -2.49. The van der Waals surface area contributed by atoms with Gasteiger partial charge in [0, 0.05) is 50.2 Å². The summed E-state index contributed by atoms with van der Waals surface area (Å²) in [5.74, 6) is -0.0386. The van der Waals surface area contributed by atoms with Crippen LogP contribution in [0.3, 0.4) is 0 Å². The fraction of sp³-hybridized carbons (Fsp3) is 0.600. The third-order valence-electron chi connectivity index (χ3n) is 4.71. The Morgan fingerprint density at radius 1 is 1.07 bits per heavy atom. The lowest BCUT2D eigenvalue weighted by molar-refractivity contribution is -0.137. The van der Waals surface area contributed by atoms with Gasteiger partial charge in [0.1, 0.15) is 0 Å². The number of halogens is 3. The number of piperazine rings is 1. The number of hydrogen-bond acceptors (Lipinski definition) is 3. The van der Waals surface area contributed by atoms with Gasteiger partial charge in [-0.1, -0.05) is 26.8 Å². The van der Waals surface area contributed by atoms with Gasteiger partial charge in [-0.2, -0.15) is 13.2 Å². The molecule has 0 bridgehead atoms. The Balaban J connectivity index is 1.77. The van der Waals surface area contributed by atoms with Gasteiger partial charge in [-0.05, 0) is 24.6 Å². The molecule has 8 heteroatoms. The molecule has 1 saturated heterocycles. The van der Waals surface area contributed by atoms with Crippen molar-refractivity contribution in [2.24, 2.45) is 5.41 Å². The molecule has 0 aliphatic carbocycles. The number of carbonyl (C=O) groups excluding carboxylic acids is 2. The Labute approximate surface area is 163 Å². The van der Waals surface area contributed by atoms with Gasteiger partial charge in [-0.3, -0.25) is 9.59 Å². The van der Waals surface area contributed by atoms with Gasteiger partial charge in [0.25, 0.3) is 0 Å². The van der Waals surface area contributed by atoms with Crippen LogP contribution in [0.15, 0.2) is 24.3 Å². The molecular formula is C20H28F3N3O2. The van der Waals surface area contributed by atoms with E-state index in [0.29, 0.717) is 51.3 Å². The van der Waals surface area contributed by atoms with E-state index < -0.39 is 17.2 Å². The topological polar surface area (TPSA) is 52.7 Å². The Hall–Kier alpha value is -2.25. The number of benzene rings is 1. The van der Waals surface area contributed by atoms with Gasteiger partial charge in [0.2, 0.25) is 11.8 Å². The van der Waals surface area contributed by atoms with Crippen LogP contribution in [0, 0.1) is 5.41 Å². The van der Waals surface area contributed by atoms with Crippen molar-refractivity contribution in [3.63, 3.8) is 0 Å². The Morgan fingerprint density at radius 2 is 1.71 bits per heavy atom. The summed E-state index contributed by atoms with van der Waals surface area (Å²) in [6.45, 7) is 7.88. The molecule has 156 valence electrons. The lowest BCUT2D eigenvalue weighted by Gasteiger charge is -2.36. The van der Waals surface area contributed by atoms with Crippen LogP contribution in [0.25, 0.3) is 0 Å². The molecule has 28 heavy (non-hydrogen) atoms. The van der Waals surface area contributed by atoms with Gasteiger partial charge < -0.3 is 15.1 Å². The highest BCUT2D eigenvalue weighted by molar-refractivity contribution is 5.81. The zero-order chi connectivity index (χ0) is 20.9. The van der Waals surface area contributed by atoms with Gasteiger partial charge in [-0.25, -0.2) is 0 Å². The van der Waals surface area contributed by atoms with Crippen molar-refractivity contribution in [1.29, 1.82) is 0 Å². The van der Waals surface area contributed by atoms with E-state index in [1.165, 1.54) is 6.07 Å². The molecule has 1 aliphatic heterocycles. The van der Waals surface area contributed by atoms with E-state index in [-0.39, 0.29) is 11.8 Å². The normalized spacial score (nSPS) is 15.5. The first-order valence-electron chi connectivity index (χ1n) is 9.47. The first kappa shape index (κ1) is 22.0. The van der Waals surface area contributed by atoms with Crippen molar-refractivity contribution in [3.8, 4) is 0 Å². The summed E-state index contributed by atoms with van der Waals surface area (Å²) in [6, 6.07) is 5.27. The predicted molar refractivity (Wildman–Crippen MR) is 102 cm³/mol. The van der Waals surface area contributed by atoms with Crippen molar-refractivity contribution in [1.82, 2.24) is 10.2 Å². The first-order valence-corrected chi connectivity index (χ1v) is 9.47. The maximum atomic E-state index is 12.9. The van der Waals surface area contributed by atoms with Gasteiger partial charge in [0.15, 0.2) is 0 Å². The van der Waals surface area contributed by atoms with Crippen LogP contribution in [-0.2, 0) is 15.8 Å². The van der Waals surface area contributed by atoms with Crippen LogP contribution >= 0.6 is 0 Å². The van der Waals surface area contributed by atoms with E-state index in [4.69, 9.17) is 0 Å². The molecule has 1 aromatic rings. The molecule has 2 amide bonds. The number of alkyl halides is 3. The third kappa shape index (κ3) is 6.14. The summed E-state index contributed by atoms with van der Waals surface area (Å²) in [7, 11) is 0. The molecule has 1 fully saturated rings. The van der Waals surface area contributed by atoms with Gasteiger partial charge in [0.05, 0.1) is 5.56 Å². The molecule has 1 aromatic carbocycles. The van der Waals surface area contributed by atoms with Gasteiger partial charge >= 0.3 is 6.18 Å². The van der Waals surface area contributed by atoms with E-state index >= 15 is 0 Å². The molecule has 1 heterocycles. The van der Waals surface area contributed by atoms with Crippen LogP contribution in [0.5, 0.6) is 0 Å². The highest BCUT2D eigenvalue weighted by atomic mass is 19.4. The summed E-state index contributed by atoms with van der Waals surface area (Å²) < 4.78 is 38.6. The van der Waals surface area contributed by atoms with Crippen LogP contribution in [-0.4, -0.2) is 49.4 Å². The van der Waals surface area contributed by atoms with Crippen molar-refractivity contribution >= 4 is 17.5 Å². The number of amides is 2. The van der Waals surface area contributed by atoms with E-state index in [1.807, 2.05) is 25.7 Å². The number of hydrogen-bond donors (Lipinski definition) is 1. The molecule has 1 N–H and O–H groups in total.